The van der Waals surface area contributed by atoms with Gasteiger partial charge in [0.15, 0.2) is 5.65 Å². The van der Waals surface area contributed by atoms with Crippen LogP contribution in [0.15, 0.2) is 9.21 Å². The number of anilines is 1. The minimum atomic E-state index is -0.510. The molecule has 2 aromatic rings. The summed E-state index contributed by atoms with van der Waals surface area (Å²) in [4.78, 5) is 14.9. The summed E-state index contributed by atoms with van der Waals surface area (Å²) in [6, 6.07) is -0.168. The van der Waals surface area contributed by atoms with E-state index in [1.54, 1.807) is 6.92 Å². The quantitative estimate of drug-likeness (QED) is 0.564. The smallest absolute Gasteiger partial charge is 0.351 e. The molecule has 0 atom stereocenters. The van der Waals surface area contributed by atoms with Crippen molar-refractivity contribution >= 4 is 17.0 Å². The topological polar surface area (TPSA) is 97.8 Å². The minimum Gasteiger partial charge on any atom is -0.389 e. The lowest BCUT2D eigenvalue weighted by Crippen LogP contribution is -2.04. The van der Waals surface area contributed by atoms with E-state index in [0.29, 0.717) is 16.7 Å². The van der Waals surface area contributed by atoms with Gasteiger partial charge in [0.2, 0.25) is 0 Å². The summed E-state index contributed by atoms with van der Waals surface area (Å²) in [5, 5.41) is 6.73. The molecule has 0 spiro atoms. The van der Waals surface area contributed by atoms with Crippen LogP contribution in [0, 0.1) is 6.92 Å². The molecule has 0 amide bonds. The van der Waals surface area contributed by atoms with E-state index in [-0.39, 0.29) is 6.01 Å². The van der Waals surface area contributed by atoms with E-state index in [1.807, 2.05) is 0 Å². The van der Waals surface area contributed by atoms with Crippen LogP contribution in [-0.4, -0.2) is 15.2 Å². The largest absolute Gasteiger partial charge is 0.389 e. The number of nitrogens with one attached hydrogen (secondary N) is 1. The van der Waals surface area contributed by atoms with E-state index >= 15 is 0 Å². The second-order valence-electron chi connectivity index (χ2n) is 2.39. The summed E-state index contributed by atoms with van der Waals surface area (Å²) in [6.07, 6.45) is 0. The van der Waals surface area contributed by atoms with Crippen LogP contribution in [0.25, 0.3) is 11.0 Å². The summed E-state index contributed by atoms with van der Waals surface area (Å²) in [5.74, 6) is 0. The highest BCUT2D eigenvalue weighted by molar-refractivity contribution is 5.76. The highest BCUT2D eigenvalue weighted by atomic mass is 16.4. The minimum absolute atomic E-state index is 0.168. The molecule has 62 valence electrons. The first-order chi connectivity index (χ1) is 5.68. The molecule has 0 aromatic carbocycles. The zero-order valence-corrected chi connectivity index (χ0v) is 6.29. The molecule has 12 heavy (non-hydrogen) atoms. The first-order valence-corrected chi connectivity index (χ1v) is 3.30. The number of hydrogen-bond acceptors (Lipinski definition) is 5. The molecule has 6 nitrogen and oxygen atoms in total. The summed E-state index contributed by atoms with van der Waals surface area (Å²) < 4.78 is 4.58. The van der Waals surface area contributed by atoms with Gasteiger partial charge in [0.05, 0.1) is 0 Å². The maximum absolute atomic E-state index is 11.1. The highest BCUT2D eigenvalue weighted by Crippen LogP contribution is 2.08. The van der Waals surface area contributed by atoms with Gasteiger partial charge in [-0.3, -0.25) is 5.10 Å². The van der Waals surface area contributed by atoms with Gasteiger partial charge < -0.3 is 10.2 Å². The van der Waals surface area contributed by atoms with Crippen molar-refractivity contribution in [3.05, 3.63) is 16.1 Å². The van der Waals surface area contributed by atoms with Crippen molar-refractivity contribution < 1.29 is 4.42 Å². The van der Waals surface area contributed by atoms with Crippen LogP contribution in [0.4, 0.5) is 6.01 Å². The summed E-state index contributed by atoms with van der Waals surface area (Å²) in [6.45, 7) is 1.71. The van der Waals surface area contributed by atoms with Crippen molar-refractivity contribution in [3.8, 4) is 0 Å². The number of rotatable bonds is 0. The van der Waals surface area contributed by atoms with Gasteiger partial charge in [-0.2, -0.15) is 10.1 Å². The van der Waals surface area contributed by atoms with Crippen molar-refractivity contribution in [1.82, 2.24) is 15.2 Å². The number of hydrogen-bond donors (Lipinski definition) is 2. The third kappa shape index (κ3) is 0.777. The lowest BCUT2D eigenvalue weighted by atomic mass is 10.3. The molecule has 2 rings (SSSR count). The van der Waals surface area contributed by atoms with Gasteiger partial charge >= 0.3 is 5.63 Å². The molecule has 0 bridgehead atoms. The van der Waals surface area contributed by atoms with Gasteiger partial charge in [0.25, 0.3) is 6.01 Å². The number of aryl methyl sites for hydroxylation is 1. The van der Waals surface area contributed by atoms with Crippen molar-refractivity contribution in [3.63, 3.8) is 0 Å². The first-order valence-electron chi connectivity index (χ1n) is 3.30. The number of aromatic amines is 1. The molecular formula is C6H6N4O2. The van der Waals surface area contributed by atoms with Crippen molar-refractivity contribution in [1.29, 1.82) is 0 Å². The fourth-order valence-electron chi connectivity index (χ4n) is 1.01. The van der Waals surface area contributed by atoms with Crippen LogP contribution < -0.4 is 11.4 Å². The Bertz CT molecular complexity index is 484. The van der Waals surface area contributed by atoms with Crippen molar-refractivity contribution in [2.24, 2.45) is 0 Å². The molecule has 0 unspecified atom stereocenters. The normalized spacial score (nSPS) is 10.8. The second-order valence-corrected chi connectivity index (χ2v) is 2.39. The average molecular weight is 166 g/mol. The average Bonchev–Trinajstić information content (AvgIpc) is 2.31. The zero-order chi connectivity index (χ0) is 8.72. The van der Waals surface area contributed by atoms with Crippen LogP contribution in [-0.2, 0) is 0 Å². The molecule has 2 aromatic heterocycles. The van der Waals surface area contributed by atoms with Gasteiger partial charge in [-0.05, 0) is 6.92 Å². The Kier molecular flexibility index (Phi) is 1.18. The van der Waals surface area contributed by atoms with E-state index in [2.05, 4.69) is 19.6 Å². The Hall–Kier alpha value is -1.85. The maximum atomic E-state index is 11.1. The highest BCUT2D eigenvalue weighted by Gasteiger charge is 2.09. The summed E-state index contributed by atoms with van der Waals surface area (Å²) in [5.41, 5.74) is 5.62. The van der Waals surface area contributed by atoms with E-state index < -0.39 is 5.63 Å². The Morgan fingerprint density at radius 3 is 3.08 bits per heavy atom. The second kappa shape index (κ2) is 2.07. The van der Waals surface area contributed by atoms with E-state index in [4.69, 9.17) is 5.73 Å². The molecule has 0 fully saturated rings. The van der Waals surface area contributed by atoms with Gasteiger partial charge in [-0.1, -0.05) is 0 Å². The summed E-state index contributed by atoms with van der Waals surface area (Å²) in [7, 11) is 0. The Labute approximate surface area is 66.4 Å². The summed E-state index contributed by atoms with van der Waals surface area (Å²) >= 11 is 0. The fraction of sp³-hybridized carbons (Fsp3) is 0.167. The molecule has 0 saturated heterocycles. The van der Waals surface area contributed by atoms with Gasteiger partial charge in [0, 0.05) is 5.69 Å². The first kappa shape index (κ1) is 6.84. The lowest BCUT2D eigenvalue weighted by molar-refractivity contribution is 0.524. The molecule has 6 heteroatoms. The number of H-pyrrole nitrogens is 1. The van der Waals surface area contributed by atoms with Gasteiger partial charge in [-0.15, -0.1) is 0 Å². The maximum Gasteiger partial charge on any atom is 0.351 e. The number of nitrogens with zero attached hydrogens (tertiary/aromatic N) is 2. The zero-order valence-electron chi connectivity index (χ0n) is 6.29. The predicted octanol–water partition coefficient (Wildman–Crippen LogP) is -0.198. The van der Waals surface area contributed by atoms with Crippen LogP contribution in [0.3, 0.4) is 0 Å². The molecule has 0 aliphatic carbocycles. The van der Waals surface area contributed by atoms with E-state index in [0.717, 1.165) is 0 Å². The van der Waals surface area contributed by atoms with Crippen LogP contribution in [0.2, 0.25) is 0 Å². The Morgan fingerprint density at radius 2 is 2.33 bits per heavy atom. The van der Waals surface area contributed by atoms with Crippen LogP contribution >= 0.6 is 0 Å². The fourth-order valence-corrected chi connectivity index (χ4v) is 1.01. The Balaban J connectivity index is 3.03. The Morgan fingerprint density at radius 1 is 1.58 bits per heavy atom. The van der Waals surface area contributed by atoms with Crippen LogP contribution in [0.5, 0.6) is 0 Å². The SMILES string of the molecule is Cc1[nH]nc2nc(N)oc(=O)c12. The number of aromatic nitrogens is 3. The van der Waals surface area contributed by atoms with Crippen molar-refractivity contribution in [2.45, 2.75) is 6.92 Å². The van der Waals surface area contributed by atoms with Gasteiger partial charge in [0.1, 0.15) is 5.39 Å². The molecule has 0 aliphatic rings. The molecule has 0 aliphatic heterocycles. The van der Waals surface area contributed by atoms with E-state index in [9.17, 15) is 4.79 Å². The van der Waals surface area contributed by atoms with E-state index in [1.165, 1.54) is 0 Å². The van der Waals surface area contributed by atoms with Crippen LogP contribution in [0.1, 0.15) is 5.69 Å². The molecule has 2 heterocycles. The number of nitrogens with two attached hydrogens (primary N) is 1. The molecule has 0 saturated carbocycles. The predicted molar refractivity (Wildman–Crippen MR) is 41.6 cm³/mol. The van der Waals surface area contributed by atoms with Gasteiger partial charge in [-0.25, -0.2) is 4.79 Å². The third-order valence-corrected chi connectivity index (χ3v) is 1.55. The molecule has 0 radical (unpaired) electrons. The third-order valence-electron chi connectivity index (χ3n) is 1.55. The molecule has 3 N–H and O–H groups in total. The monoisotopic (exact) mass is 166 g/mol. The lowest BCUT2D eigenvalue weighted by Gasteiger charge is -1.88. The number of fused-ring (bicyclic) bond motifs is 1. The number of nitrogen functional groups attached to an aromatic ring is 1. The standard InChI is InChI=1S/C6H6N4O2/c1-2-3-4(10-9-2)8-6(7)12-5(3)11/h1H3,(H3,7,8,9,10). The molecular weight excluding hydrogens is 160 g/mol. The van der Waals surface area contributed by atoms with Crippen molar-refractivity contribution in [2.75, 3.05) is 5.73 Å².